The van der Waals surface area contributed by atoms with E-state index in [1.807, 2.05) is 37.4 Å². The first-order valence-corrected chi connectivity index (χ1v) is 11.2. The predicted molar refractivity (Wildman–Crippen MR) is 125 cm³/mol. The number of hydrogen-bond acceptors (Lipinski definition) is 5. The molecule has 1 amide bonds. The number of amides is 1. The van der Waals surface area contributed by atoms with Gasteiger partial charge in [0.2, 0.25) is 5.91 Å². The summed E-state index contributed by atoms with van der Waals surface area (Å²) in [6.45, 7) is 3.36. The van der Waals surface area contributed by atoms with E-state index in [4.69, 9.17) is 0 Å². The molecule has 9 heteroatoms. The lowest BCUT2D eigenvalue weighted by molar-refractivity contribution is -0.125. The number of aryl methyl sites for hydroxylation is 1. The highest BCUT2D eigenvalue weighted by molar-refractivity contribution is 5.87. The maximum atomic E-state index is 13.4. The third-order valence-electron chi connectivity index (χ3n) is 6.07. The number of nitrogens with zero attached hydrogens (tertiary/aromatic N) is 5. The van der Waals surface area contributed by atoms with Gasteiger partial charge in [-0.3, -0.25) is 4.79 Å². The highest BCUT2D eigenvalue weighted by Crippen LogP contribution is 2.28. The van der Waals surface area contributed by atoms with Crippen LogP contribution in [-0.4, -0.2) is 38.7 Å². The zero-order valence-corrected chi connectivity index (χ0v) is 18.7. The minimum absolute atomic E-state index is 0.0745. The van der Waals surface area contributed by atoms with Crippen LogP contribution in [0, 0.1) is 24.5 Å². The van der Waals surface area contributed by atoms with Gasteiger partial charge in [0.25, 0.3) is 0 Å². The second kappa shape index (κ2) is 9.17. The van der Waals surface area contributed by atoms with Crippen molar-refractivity contribution in [3.05, 3.63) is 77.8 Å². The zero-order valence-electron chi connectivity index (χ0n) is 18.7. The molecule has 34 heavy (non-hydrogen) atoms. The Hall–Kier alpha value is -3.88. The van der Waals surface area contributed by atoms with Gasteiger partial charge < -0.3 is 10.2 Å². The van der Waals surface area contributed by atoms with Crippen LogP contribution in [0.3, 0.4) is 0 Å². The number of nitrogens with one attached hydrogen (secondary N) is 1. The molecule has 0 aliphatic carbocycles. The molecule has 0 radical (unpaired) electrons. The molecule has 0 unspecified atom stereocenters. The second-order valence-electron chi connectivity index (χ2n) is 8.62. The molecular weight excluding hydrogens is 438 g/mol. The van der Waals surface area contributed by atoms with E-state index >= 15 is 0 Å². The Balaban J connectivity index is 1.32. The molecule has 1 N–H and O–H groups in total. The normalized spacial score (nSPS) is 16.1. The average Bonchev–Trinajstić information content (AvgIpc) is 3.27. The third kappa shape index (κ3) is 4.59. The molecule has 174 valence electrons. The van der Waals surface area contributed by atoms with Crippen molar-refractivity contribution in [2.45, 2.75) is 26.3 Å². The predicted octanol–water partition coefficient (Wildman–Crippen LogP) is 3.93. The molecule has 1 saturated heterocycles. The Morgan fingerprint density at radius 1 is 1.12 bits per heavy atom. The van der Waals surface area contributed by atoms with Gasteiger partial charge in [0.05, 0.1) is 17.0 Å². The van der Waals surface area contributed by atoms with E-state index in [9.17, 15) is 13.6 Å². The first-order chi connectivity index (χ1) is 16.5. The van der Waals surface area contributed by atoms with Crippen molar-refractivity contribution in [2.24, 2.45) is 5.92 Å². The smallest absolute Gasteiger partial charge is 0.225 e. The Morgan fingerprint density at radius 3 is 2.65 bits per heavy atom. The van der Waals surface area contributed by atoms with E-state index in [-0.39, 0.29) is 18.4 Å². The first-order valence-electron chi connectivity index (χ1n) is 11.2. The summed E-state index contributed by atoms with van der Waals surface area (Å²) >= 11 is 0. The molecular formula is C25H24F2N6O. The van der Waals surface area contributed by atoms with Gasteiger partial charge in [-0.1, -0.05) is 17.7 Å². The van der Waals surface area contributed by atoms with E-state index in [2.05, 4.69) is 25.3 Å². The summed E-state index contributed by atoms with van der Waals surface area (Å²) in [7, 11) is 0. The van der Waals surface area contributed by atoms with Crippen LogP contribution >= 0.6 is 0 Å². The number of carbonyl (C=O) groups excluding carboxylic acids is 1. The fourth-order valence-corrected chi connectivity index (χ4v) is 4.34. The van der Waals surface area contributed by atoms with Crippen LogP contribution in [0.2, 0.25) is 0 Å². The van der Waals surface area contributed by atoms with Crippen LogP contribution in [0.5, 0.6) is 0 Å². The first kappa shape index (κ1) is 21.9. The summed E-state index contributed by atoms with van der Waals surface area (Å²) in [5.74, 6) is -0.980. The van der Waals surface area contributed by atoms with E-state index in [0.717, 1.165) is 42.3 Å². The van der Waals surface area contributed by atoms with Crippen LogP contribution in [0.1, 0.15) is 24.0 Å². The molecule has 2 aromatic heterocycles. The highest BCUT2D eigenvalue weighted by Gasteiger charge is 2.28. The minimum atomic E-state index is -0.660. The largest absolute Gasteiger partial charge is 0.355 e. The van der Waals surface area contributed by atoms with E-state index in [0.29, 0.717) is 17.8 Å². The number of hydrogen-bond donors (Lipinski definition) is 1. The fourth-order valence-electron chi connectivity index (χ4n) is 4.34. The quantitative estimate of drug-likeness (QED) is 0.486. The summed E-state index contributed by atoms with van der Waals surface area (Å²) in [5.41, 5.74) is 3.07. The topological polar surface area (TPSA) is 75.9 Å². The Morgan fingerprint density at radius 2 is 1.88 bits per heavy atom. The van der Waals surface area contributed by atoms with Gasteiger partial charge in [-0.05, 0) is 49.6 Å². The molecule has 1 aliphatic heterocycles. The average molecular weight is 463 g/mol. The standard InChI is InChI=1S/C25H24F2N6O/c1-16-4-6-21(7-5-16)33-14-22-23(31-33)29-15-30-24(22)32-8-2-3-18(13-32)25(34)28-12-17-9-19(26)11-20(27)10-17/h4-7,9-11,14-15,18H,2-3,8,12-13H2,1H3,(H,28,34)/t18-/m0/s1. The Kier molecular flexibility index (Phi) is 5.91. The van der Waals surface area contributed by atoms with Gasteiger partial charge in [-0.15, -0.1) is 5.10 Å². The van der Waals surface area contributed by atoms with E-state index < -0.39 is 11.6 Å². The van der Waals surface area contributed by atoms with Crippen LogP contribution in [-0.2, 0) is 11.3 Å². The van der Waals surface area contributed by atoms with Gasteiger partial charge in [0.1, 0.15) is 23.8 Å². The van der Waals surface area contributed by atoms with Crippen molar-refractivity contribution in [2.75, 3.05) is 18.0 Å². The van der Waals surface area contributed by atoms with Crippen LogP contribution in [0.25, 0.3) is 16.7 Å². The highest BCUT2D eigenvalue weighted by atomic mass is 19.1. The summed E-state index contributed by atoms with van der Waals surface area (Å²) in [4.78, 5) is 23.7. The number of fused-ring (bicyclic) bond motifs is 1. The van der Waals surface area contributed by atoms with Crippen LogP contribution in [0.4, 0.5) is 14.6 Å². The van der Waals surface area contributed by atoms with Crippen molar-refractivity contribution < 1.29 is 13.6 Å². The number of aromatic nitrogens is 4. The molecule has 0 bridgehead atoms. The monoisotopic (exact) mass is 462 g/mol. The van der Waals surface area contributed by atoms with Crippen molar-refractivity contribution in [3.8, 4) is 5.69 Å². The molecule has 5 rings (SSSR count). The molecule has 3 heterocycles. The molecule has 1 fully saturated rings. The second-order valence-corrected chi connectivity index (χ2v) is 8.62. The third-order valence-corrected chi connectivity index (χ3v) is 6.07. The number of rotatable bonds is 5. The van der Waals surface area contributed by atoms with Crippen molar-refractivity contribution in [1.82, 2.24) is 25.1 Å². The summed E-state index contributed by atoms with van der Waals surface area (Å²) < 4.78 is 28.6. The molecule has 1 atom stereocenters. The van der Waals surface area contributed by atoms with Crippen molar-refractivity contribution in [3.63, 3.8) is 0 Å². The SMILES string of the molecule is Cc1ccc(-n2cc3c(N4CCC[C@H](C(=O)NCc5cc(F)cc(F)c5)C4)ncnc3n2)cc1. The number of anilines is 1. The minimum Gasteiger partial charge on any atom is -0.355 e. The van der Waals surface area contributed by atoms with Crippen LogP contribution < -0.4 is 10.2 Å². The van der Waals surface area contributed by atoms with E-state index in [1.165, 1.54) is 24.0 Å². The molecule has 1 aliphatic rings. The van der Waals surface area contributed by atoms with Gasteiger partial charge in [-0.2, -0.15) is 0 Å². The van der Waals surface area contributed by atoms with Gasteiger partial charge >= 0.3 is 0 Å². The maximum absolute atomic E-state index is 13.4. The molecule has 2 aromatic carbocycles. The number of piperidine rings is 1. The number of carbonyl (C=O) groups is 1. The lowest BCUT2D eigenvalue weighted by Gasteiger charge is -2.33. The molecule has 0 saturated carbocycles. The molecule has 7 nitrogen and oxygen atoms in total. The zero-order chi connectivity index (χ0) is 23.7. The fraction of sp³-hybridized carbons (Fsp3) is 0.280. The van der Waals surface area contributed by atoms with E-state index in [1.54, 1.807) is 4.68 Å². The number of halogens is 2. The lowest BCUT2D eigenvalue weighted by Crippen LogP contribution is -2.43. The van der Waals surface area contributed by atoms with Crippen molar-refractivity contribution >= 4 is 22.8 Å². The van der Waals surface area contributed by atoms with Crippen molar-refractivity contribution in [1.29, 1.82) is 0 Å². The summed E-state index contributed by atoms with van der Waals surface area (Å²) in [5, 5.41) is 8.23. The van der Waals surface area contributed by atoms with Gasteiger partial charge in [0, 0.05) is 31.9 Å². The molecule has 0 spiro atoms. The van der Waals surface area contributed by atoms with Gasteiger partial charge in [0.15, 0.2) is 5.65 Å². The number of benzene rings is 2. The van der Waals surface area contributed by atoms with Crippen LogP contribution in [0.15, 0.2) is 55.0 Å². The summed E-state index contributed by atoms with van der Waals surface area (Å²) in [6, 6.07) is 11.3. The lowest BCUT2D eigenvalue weighted by atomic mass is 9.97. The Labute approximate surface area is 195 Å². The molecule has 4 aromatic rings. The van der Waals surface area contributed by atoms with Gasteiger partial charge in [-0.25, -0.2) is 23.4 Å². The maximum Gasteiger partial charge on any atom is 0.225 e. The Bertz CT molecular complexity index is 1320. The summed E-state index contributed by atoms with van der Waals surface area (Å²) in [6.07, 6.45) is 4.96.